The minimum Gasteiger partial charge on any atom is -0.385 e. The molecule has 1 aromatic heterocycles. The number of rotatable bonds is 2. The van der Waals surface area contributed by atoms with Gasteiger partial charge in [-0.05, 0) is 26.0 Å². The van der Waals surface area contributed by atoms with Gasteiger partial charge in [-0.3, -0.25) is 4.98 Å². The van der Waals surface area contributed by atoms with Gasteiger partial charge < -0.3 is 5.32 Å². The second kappa shape index (κ2) is 4.67. The van der Waals surface area contributed by atoms with E-state index in [4.69, 9.17) is 23.2 Å². The average Bonchev–Trinajstić information content (AvgIpc) is 2.25. The second-order valence-electron chi connectivity index (χ2n) is 3.72. The largest absolute Gasteiger partial charge is 0.385 e. The lowest BCUT2D eigenvalue weighted by Gasteiger charge is -2.11. The third kappa shape index (κ3) is 2.17. The van der Waals surface area contributed by atoms with Crippen molar-refractivity contribution < 1.29 is 4.39 Å². The molecule has 5 heteroatoms. The van der Waals surface area contributed by atoms with E-state index >= 15 is 0 Å². The van der Waals surface area contributed by atoms with E-state index in [-0.39, 0.29) is 10.0 Å². The zero-order valence-corrected chi connectivity index (χ0v) is 11.0. The zero-order valence-electron chi connectivity index (χ0n) is 9.44. The molecule has 0 aliphatic heterocycles. The van der Waals surface area contributed by atoms with E-state index in [1.807, 2.05) is 19.9 Å². The Morgan fingerprint density at radius 1 is 1.35 bits per heavy atom. The third-order valence-electron chi connectivity index (χ3n) is 2.43. The van der Waals surface area contributed by atoms with Gasteiger partial charge >= 0.3 is 0 Å². The highest BCUT2D eigenvalue weighted by atomic mass is 35.5. The molecular formula is C12H11Cl2FN2. The van der Waals surface area contributed by atoms with Crippen LogP contribution in [0.5, 0.6) is 0 Å². The number of anilines is 1. The molecule has 90 valence electrons. The highest BCUT2D eigenvalue weighted by Gasteiger charge is 2.14. The highest BCUT2D eigenvalue weighted by Crippen LogP contribution is 2.35. The normalized spacial score (nSPS) is 10.9. The van der Waals surface area contributed by atoms with Gasteiger partial charge in [0.1, 0.15) is 0 Å². The Morgan fingerprint density at radius 3 is 2.71 bits per heavy atom. The molecule has 0 saturated carbocycles. The molecule has 0 spiro atoms. The number of aryl methyl sites for hydroxylation is 1. The van der Waals surface area contributed by atoms with E-state index in [0.717, 1.165) is 17.9 Å². The molecule has 1 heterocycles. The van der Waals surface area contributed by atoms with Crippen molar-refractivity contribution in [3.8, 4) is 0 Å². The van der Waals surface area contributed by atoms with Gasteiger partial charge in [0.2, 0.25) is 0 Å². The van der Waals surface area contributed by atoms with Gasteiger partial charge in [0.05, 0.1) is 15.6 Å². The lowest BCUT2D eigenvalue weighted by atomic mass is 10.1. The Bertz CT molecular complexity index is 584. The molecule has 2 rings (SSSR count). The number of pyridine rings is 1. The molecule has 1 aromatic carbocycles. The Morgan fingerprint density at radius 2 is 2.06 bits per heavy atom. The Balaban J connectivity index is 2.85. The first kappa shape index (κ1) is 12.4. The topological polar surface area (TPSA) is 24.9 Å². The van der Waals surface area contributed by atoms with Crippen LogP contribution in [-0.2, 0) is 0 Å². The summed E-state index contributed by atoms with van der Waals surface area (Å²) in [4.78, 5) is 4.31. The number of hydrogen-bond acceptors (Lipinski definition) is 2. The summed E-state index contributed by atoms with van der Waals surface area (Å²) in [5.74, 6) is -0.606. The van der Waals surface area contributed by atoms with Gasteiger partial charge in [-0.1, -0.05) is 23.2 Å². The van der Waals surface area contributed by atoms with Crippen molar-refractivity contribution in [1.82, 2.24) is 4.98 Å². The van der Waals surface area contributed by atoms with E-state index in [1.165, 1.54) is 6.07 Å². The maximum Gasteiger partial charge on any atom is 0.161 e. The quantitative estimate of drug-likeness (QED) is 0.819. The number of benzene rings is 1. The summed E-state index contributed by atoms with van der Waals surface area (Å²) in [7, 11) is 0. The smallest absolute Gasteiger partial charge is 0.161 e. The highest BCUT2D eigenvalue weighted by molar-refractivity contribution is 6.39. The van der Waals surface area contributed by atoms with Crippen molar-refractivity contribution in [3.05, 3.63) is 33.7 Å². The second-order valence-corrected chi connectivity index (χ2v) is 4.51. The number of fused-ring (bicyclic) bond motifs is 1. The summed E-state index contributed by atoms with van der Waals surface area (Å²) in [6.07, 6.45) is 0. The lowest BCUT2D eigenvalue weighted by molar-refractivity contribution is 0.630. The predicted octanol–water partition coefficient (Wildman–Crippen LogP) is 4.42. The molecule has 0 radical (unpaired) electrons. The van der Waals surface area contributed by atoms with E-state index in [2.05, 4.69) is 10.3 Å². The van der Waals surface area contributed by atoms with E-state index in [9.17, 15) is 4.39 Å². The summed E-state index contributed by atoms with van der Waals surface area (Å²) in [6, 6.07) is 3.33. The maximum atomic E-state index is 13.7. The number of nitrogens with zero attached hydrogens (tertiary/aromatic N) is 1. The average molecular weight is 273 g/mol. The van der Waals surface area contributed by atoms with Crippen LogP contribution in [0.25, 0.3) is 10.9 Å². The molecule has 1 N–H and O–H groups in total. The Hall–Kier alpha value is -1.06. The van der Waals surface area contributed by atoms with E-state index < -0.39 is 5.82 Å². The van der Waals surface area contributed by atoms with Crippen LogP contribution in [0, 0.1) is 12.7 Å². The molecule has 0 amide bonds. The van der Waals surface area contributed by atoms with Gasteiger partial charge in [-0.2, -0.15) is 0 Å². The molecule has 0 atom stereocenters. The van der Waals surface area contributed by atoms with Gasteiger partial charge in [-0.25, -0.2) is 4.39 Å². The van der Waals surface area contributed by atoms with Crippen molar-refractivity contribution in [2.24, 2.45) is 0 Å². The van der Waals surface area contributed by atoms with Crippen LogP contribution < -0.4 is 5.32 Å². The van der Waals surface area contributed by atoms with Gasteiger partial charge in [-0.15, -0.1) is 0 Å². The fourth-order valence-corrected chi connectivity index (χ4v) is 2.31. The summed E-state index contributed by atoms with van der Waals surface area (Å²) in [5.41, 5.74) is 2.19. The van der Waals surface area contributed by atoms with E-state index in [0.29, 0.717) is 10.9 Å². The van der Waals surface area contributed by atoms with Crippen molar-refractivity contribution in [2.45, 2.75) is 13.8 Å². The van der Waals surface area contributed by atoms with Crippen LogP contribution in [0.3, 0.4) is 0 Å². The summed E-state index contributed by atoms with van der Waals surface area (Å²) >= 11 is 11.7. The Kier molecular flexibility index (Phi) is 3.40. The first-order valence-electron chi connectivity index (χ1n) is 5.23. The fourth-order valence-electron chi connectivity index (χ4n) is 1.76. The molecule has 2 aromatic rings. The standard InChI is InChI=1S/C12H11Cl2FN2/c1-3-16-8-4-6(2)17-9-5-7(13)12(15)11(14)10(8)9/h4-5H,3H2,1-2H3,(H,16,17). The van der Waals surface area contributed by atoms with Crippen molar-refractivity contribution >= 4 is 39.8 Å². The molecule has 2 nitrogen and oxygen atoms in total. The third-order valence-corrected chi connectivity index (χ3v) is 3.06. The van der Waals surface area contributed by atoms with Gasteiger partial charge in [0.25, 0.3) is 0 Å². The van der Waals surface area contributed by atoms with Crippen LogP contribution in [0.2, 0.25) is 10.0 Å². The van der Waals surface area contributed by atoms with Crippen LogP contribution in [0.1, 0.15) is 12.6 Å². The van der Waals surface area contributed by atoms with Crippen LogP contribution in [0.4, 0.5) is 10.1 Å². The van der Waals surface area contributed by atoms with Gasteiger partial charge in [0.15, 0.2) is 5.82 Å². The molecule has 0 aliphatic carbocycles. The minimum absolute atomic E-state index is 0.0101. The van der Waals surface area contributed by atoms with E-state index in [1.54, 1.807) is 0 Å². The summed E-state index contributed by atoms with van der Waals surface area (Å²) in [6.45, 7) is 4.55. The zero-order chi connectivity index (χ0) is 12.6. The SMILES string of the molecule is CCNc1cc(C)nc2cc(Cl)c(F)c(Cl)c12. The minimum atomic E-state index is -0.606. The van der Waals surface area contributed by atoms with Crippen molar-refractivity contribution in [2.75, 3.05) is 11.9 Å². The number of nitrogens with one attached hydrogen (secondary N) is 1. The van der Waals surface area contributed by atoms with Crippen molar-refractivity contribution in [1.29, 1.82) is 0 Å². The fraction of sp³-hybridized carbons (Fsp3) is 0.250. The molecule has 0 fully saturated rings. The van der Waals surface area contributed by atoms with Gasteiger partial charge in [0, 0.05) is 23.3 Å². The summed E-state index contributed by atoms with van der Waals surface area (Å²) in [5, 5.41) is 3.71. The molecule has 0 bridgehead atoms. The Labute approximate surface area is 109 Å². The summed E-state index contributed by atoms with van der Waals surface area (Å²) < 4.78 is 13.7. The first-order valence-corrected chi connectivity index (χ1v) is 5.99. The number of hydrogen-bond donors (Lipinski definition) is 1. The number of halogens is 3. The first-order chi connectivity index (χ1) is 8.04. The van der Waals surface area contributed by atoms with Crippen LogP contribution in [0.15, 0.2) is 12.1 Å². The molecule has 0 saturated heterocycles. The molecule has 0 unspecified atom stereocenters. The molecular weight excluding hydrogens is 262 g/mol. The number of aromatic nitrogens is 1. The van der Waals surface area contributed by atoms with Crippen LogP contribution >= 0.6 is 23.2 Å². The lowest BCUT2D eigenvalue weighted by Crippen LogP contribution is -2.00. The monoisotopic (exact) mass is 272 g/mol. The predicted molar refractivity (Wildman–Crippen MR) is 70.6 cm³/mol. The molecule has 0 aliphatic rings. The van der Waals surface area contributed by atoms with Crippen molar-refractivity contribution in [3.63, 3.8) is 0 Å². The molecule has 17 heavy (non-hydrogen) atoms. The van der Waals surface area contributed by atoms with Crippen LogP contribution in [-0.4, -0.2) is 11.5 Å². The maximum absolute atomic E-state index is 13.7.